The average molecular weight is 254 g/mol. The molecule has 0 aromatic carbocycles. The zero-order chi connectivity index (χ0) is 14.1. The molecule has 0 bridgehead atoms. The fraction of sp³-hybridized carbons (Fsp3) is 0.571. The molecule has 1 fully saturated rings. The molecule has 1 aliphatic carbocycles. The van der Waals surface area contributed by atoms with Crippen molar-refractivity contribution in [3.63, 3.8) is 0 Å². The van der Waals surface area contributed by atoms with Gasteiger partial charge in [-0.1, -0.05) is 32.4 Å². The summed E-state index contributed by atoms with van der Waals surface area (Å²) in [4.78, 5) is 20.7. The van der Waals surface area contributed by atoms with Crippen LogP contribution < -0.4 is 0 Å². The number of rotatable bonds is 3. The van der Waals surface area contributed by atoms with Gasteiger partial charge >= 0.3 is 11.9 Å². The maximum atomic E-state index is 11.1. The van der Waals surface area contributed by atoms with Crippen LogP contribution >= 0.6 is 0 Å². The Bertz CT molecular complexity index is 313. The first kappa shape index (κ1) is 16.4. The van der Waals surface area contributed by atoms with E-state index >= 15 is 0 Å². The first-order valence-corrected chi connectivity index (χ1v) is 6.06. The second-order valence-electron chi connectivity index (χ2n) is 4.44. The van der Waals surface area contributed by atoms with Crippen LogP contribution in [-0.2, 0) is 14.3 Å². The largest absolute Gasteiger partial charge is 0.478 e. The lowest BCUT2D eigenvalue weighted by molar-refractivity contribution is -0.137. The van der Waals surface area contributed by atoms with Gasteiger partial charge in [-0.3, -0.25) is 0 Å². The molecular weight excluding hydrogens is 232 g/mol. The van der Waals surface area contributed by atoms with E-state index in [-0.39, 0.29) is 11.5 Å². The molecule has 0 atom stereocenters. The van der Waals surface area contributed by atoms with Gasteiger partial charge in [0, 0.05) is 11.1 Å². The molecule has 4 heteroatoms. The molecule has 0 amide bonds. The molecule has 1 N–H and O–H groups in total. The third kappa shape index (κ3) is 6.23. The van der Waals surface area contributed by atoms with Crippen molar-refractivity contribution < 1.29 is 19.4 Å². The maximum Gasteiger partial charge on any atom is 0.333 e. The number of aliphatic carboxylic acids is 1. The van der Waals surface area contributed by atoms with Gasteiger partial charge in [0.1, 0.15) is 0 Å². The third-order valence-corrected chi connectivity index (χ3v) is 2.91. The number of ether oxygens (including phenoxy) is 1. The smallest absolute Gasteiger partial charge is 0.333 e. The summed E-state index contributed by atoms with van der Waals surface area (Å²) in [6, 6.07) is 0. The normalized spacial score (nSPS) is 15.0. The highest BCUT2D eigenvalue weighted by molar-refractivity contribution is 5.88. The van der Waals surface area contributed by atoms with Gasteiger partial charge in [0.15, 0.2) is 0 Å². The standard InChI is InChI=1S/C10H16O2.C4H6O2/c1-8(10(11)12-2)9-6-4-3-5-7-9;1-3(2)4(5)6/h9H,1,3-7H2,2H3;1H2,2H3,(H,5,6). The quantitative estimate of drug-likeness (QED) is 0.621. The van der Waals surface area contributed by atoms with Gasteiger partial charge in [0.05, 0.1) is 7.11 Å². The lowest BCUT2D eigenvalue weighted by atomic mass is 9.84. The van der Waals surface area contributed by atoms with Crippen LogP contribution in [0.25, 0.3) is 0 Å². The minimum Gasteiger partial charge on any atom is -0.478 e. The van der Waals surface area contributed by atoms with E-state index in [0.29, 0.717) is 11.5 Å². The van der Waals surface area contributed by atoms with E-state index in [1.165, 1.54) is 33.3 Å². The summed E-state index contributed by atoms with van der Waals surface area (Å²) in [7, 11) is 1.41. The second-order valence-corrected chi connectivity index (χ2v) is 4.44. The Balaban J connectivity index is 0.000000411. The maximum absolute atomic E-state index is 11.1. The number of carbonyl (C=O) groups is 2. The van der Waals surface area contributed by atoms with E-state index in [1.54, 1.807) is 0 Å². The molecule has 18 heavy (non-hydrogen) atoms. The number of esters is 1. The zero-order valence-electron chi connectivity index (χ0n) is 11.2. The van der Waals surface area contributed by atoms with Crippen LogP contribution in [0.15, 0.2) is 24.3 Å². The van der Waals surface area contributed by atoms with Crippen molar-refractivity contribution >= 4 is 11.9 Å². The predicted molar refractivity (Wildman–Crippen MR) is 70.2 cm³/mol. The Morgan fingerprint density at radius 3 is 1.94 bits per heavy atom. The summed E-state index contributed by atoms with van der Waals surface area (Å²) in [5, 5.41) is 7.89. The van der Waals surface area contributed by atoms with E-state index in [9.17, 15) is 9.59 Å². The number of carbonyl (C=O) groups excluding carboxylic acids is 1. The van der Waals surface area contributed by atoms with Gasteiger partial charge in [0.2, 0.25) is 0 Å². The van der Waals surface area contributed by atoms with Gasteiger partial charge in [-0.25, -0.2) is 9.59 Å². The molecule has 0 aromatic heterocycles. The monoisotopic (exact) mass is 254 g/mol. The SMILES string of the molecule is C=C(C(=O)OC)C1CCCCC1.C=C(C)C(=O)O. The Morgan fingerprint density at radius 1 is 1.17 bits per heavy atom. The van der Waals surface area contributed by atoms with Crippen molar-refractivity contribution in [3.8, 4) is 0 Å². The van der Waals surface area contributed by atoms with E-state index < -0.39 is 5.97 Å². The zero-order valence-corrected chi connectivity index (χ0v) is 11.2. The summed E-state index contributed by atoms with van der Waals surface area (Å²) in [5.74, 6) is -0.789. The van der Waals surface area contributed by atoms with Crippen LogP contribution in [0, 0.1) is 5.92 Å². The lowest BCUT2D eigenvalue weighted by Gasteiger charge is -2.21. The Labute approximate surface area is 108 Å². The Morgan fingerprint density at radius 2 is 1.61 bits per heavy atom. The van der Waals surface area contributed by atoms with Crippen LogP contribution in [0.5, 0.6) is 0 Å². The van der Waals surface area contributed by atoms with Crippen molar-refractivity contribution in [1.82, 2.24) is 0 Å². The minimum atomic E-state index is -0.935. The topological polar surface area (TPSA) is 63.6 Å². The van der Waals surface area contributed by atoms with Crippen LogP contribution in [0.3, 0.4) is 0 Å². The van der Waals surface area contributed by atoms with Crippen molar-refractivity contribution in [2.45, 2.75) is 39.0 Å². The molecule has 0 radical (unpaired) electrons. The molecule has 0 unspecified atom stereocenters. The molecule has 1 saturated carbocycles. The molecular formula is C14H22O4. The van der Waals surface area contributed by atoms with Crippen LogP contribution in [0.2, 0.25) is 0 Å². The van der Waals surface area contributed by atoms with E-state index in [2.05, 4.69) is 17.9 Å². The third-order valence-electron chi connectivity index (χ3n) is 2.91. The van der Waals surface area contributed by atoms with Gasteiger partial charge in [-0.05, 0) is 25.7 Å². The van der Waals surface area contributed by atoms with Crippen molar-refractivity contribution in [2.75, 3.05) is 7.11 Å². The van der Waals surface area contributed by atoms with E-state index in [0.717, 1.165) is 12.8 Å². The fourth-order valence-corrected chi connectivity index (χ4v) is 1.75. The molecule has 4 nitrogen and oxygen atoms in total. The molecule has 0 aliphatic heterocycles. The molecule has 0 spiro atoms. The Hall–Kier alpha value is -1.58. The van der Waals surface area contributed by atoms with Gasteiger partial charge in [-0.15, -0.1) is 0 Å². The summed E-state index contributed by atoms with van der Waals surface area (Å²) in [6.07, 6.45) is 5.95. The Kier molecular flexibility index (Phi) is 7.76. The second kappa shape index (κ2) is 8.50. The highest BCUT2D eigenvalue weighted by Gasteiger charge is 2.21. The van der Waals surface area contributed by atoms with Gasteiger partial charge in [0.25, 0.3) is 0 Å². The van der Waals surface area contributed by atoms with Crippen LogP contribution in [0.4, 0.5) is 0 Å². The molecule has 0 saturated heterocycles. The van der Waals surface area contributed by atoms with Crippen molar-refractivity contribution in [3.05, 3.63) is 24.3 Å². The molecule has 0 aromatic rings. The summed E-state index contributed by atoms with van der Waals surface area (Å²) in [5.41, 5.74) is 0.840. The van der Waals surface area contributed by atoms with Crippen LogP contribution in [-0.4, -0.2) is 24.2 Å². The minimum absolute atomic E-state index is 0.176. The first-order chi connectivity index (χ1) is 8.40. The highest BCUT2D eigenvalue weighted by Crippen LogP contribution is 2.29. The number of carboxylic acids is 1. The first-order valence-electron chi connectivity index (χ1n) is 6.06. The van der Waals surface area contributed by atoms with E-state index in [1.807, 2.05) is 0 Å². The van der Waals surface area contributed by atoms with Gasteiger partial charge < -0.3 is 9.84 Å². The summed E-state index contributed by atoms with van der Waals surface area (Å²) >= 11 is 0. The molecule has 102 valence electrons. The lowest BCUT2D eigenvalue weighted by Crippen LogP contribution is -2.16. The predicted octanol–water partition coefficient (Wildman–Crippen LogP) is 2.94. The highest BCUT2D eigenvalue weighted by atomic mass is 16.5. The van der Waals surface area contributed by atoms with Gasteiger partial charge in [-0.2, -0.15) is 0 Å². The number of carboxylic acid groups (broad SMARTS) is 1. The molecule has 1 rings (SSSR count). The average Bonchev–Trinajstić information content (AvgIpc) is 2.38. The summed E-state index contributed by atoms with van der Waals surface area (Å²) in [6.45, 7) is 8.38. The number of methoxy groups -OCH3 is 1. The molecule has 0 heterocycles. The van der Waals surface area contributed by atoms with Crippen molar-refractivity contribution in [1.29, 1.82) is 0 Å². The summed E-state index contributed by atoms with van der Waals surface area (Å²) < 4.78 is 4.63. The van der Waals surface area contributed by atoms with Crippen LogP contribution in [0.1, 0.15) is 39.0 Å². The fourth-order valence-electron chi connectivity index (χ4n) is 1.75. The van der Waals surface area contributed by atoms with Crippen molar-refractivity contribution in [2.24, 2.45) is 5.92 Å². The molecule has 1 aliphatic rings. The van der Waals surface area contributed by atoms with E-state index in [4.69, 9.17) is 5.11 Å². The number of hydrogen-bond donors (Lipinski definition) is 1. The number of hydrogen-bond acceptors (Lipinski definition) is 3.